The highest BCUT2D eigenvalue weighted by molar-refractivity contribution is 6.04. The second kappa shape index (κ2) is 9.19. The summed E-state index contributed by atoms with van der Waals surface area (Å²) in [6.07, 6.45) is 1.13. The number of morpholine rings is 1. The molecule has 0 aliphatic carbocycles. The predicted octanol–water partition coefficient (Wildman–Crippen LogP) is 2.74. The summed E-state index contributed by atoms with van der Waals surface area (Å²) in [4.78, 5) is 26.4. The fourth-order valence-electron chi connectivity index (χ4n) is 2.95. The third kappa shape index (κ3) is 5.31. The molecule has 0 spiro atoms. The second-order valence-electron chi connectivity index (χ2n) is 6.38. The number of rotatable bonds is 6. The third-order valence-electron chi connectivity index (χ3n) is 4.54. The van der Waals surface area contributed by atoms with Gasteiger partial charge in [0.2, 0.25) is 5.91 Å². The van der Waals surface area contributed by atoms with Gasteiger partial charge in [-0.05, 0) is 36.2 Å². The first-order valence-electron chi connectivity index (χ1n) is 9.05. The fourth-order valence-corrected chi connectivity index (χ4v) is 2.95. The highest BCUT2D eigenvalue weighted by Crippen LogP contribution is 2.18. The van der Waals surface area contributed by atoms with E-state index in [9.17, 15) is 9.59 Å². The van der Waals surface area contributed by atoms with Gasteiger partial charge in [0.05, 0.1) is 20.3 Å². The molecule has 3 rings (SSSR count). The van der Waals surface area contributed by atoms with Crippen molar-refractivity contribution in [3.63, 3.8) is 0 Å². The smallest absolute Gasteiger partial charge is 0.255 e. The number of nitrogens with one attached hydrogen (secondary N) is 1. The number of methoxy groups -OCH3 is 1. The van der Waals surface area contributed by atoms with Crippen molar-refractivity contribution in [1.29, 1.82) is 0 Å². The van der Waals surface area contributed by atoms with Crippen LogP contribution in [-0.4, -0.2) is 50.1 Å². The highest BCUT2D eigenvalue weighted by atomic mass is 16.5. The molecule has 0 unspecified atom stereocenters. The summed E-state index contributed by atoms with van der Waals surface area (Å²) in [5, 5.41) is 2.85. The lowest BCUT2D eigenvalue weighted by atomic mass is 10.1. The van der Waals surface area contributed by atoms with Crippen LogP contribution in [0.15, 0.2) is 48.5 Å². The Morgan fingerprint density at radius 3 is 2.56 bits per heavy atom. The van der Waals surface area contributed by atoms with E-state index in [0.717, 1.165) is 5.56 Å². The van der Waals surface area contributed by atoms with Crippen LogP contribution in [0.2, 0.25) is 0 Å². The normalized spacial score (nSPS) is 13.9. The van der Waals surface area contributed by atoms with E-state index in [1.54, 1.807) is 25.3 Å². The number of ether oxygens (including phenoxy) is 2. The summed E-state index contributed by atoms with van der Waals surface area (Å²) in [5.74, 6) is 0.658. The van der Waals surface area contributed by atoms with Crippen molar-refractivity contribution in [3.8, 4) is 5.75 Å². The molecule has 6 nitrogen and oxygen atoms in total. The van der Waals surface area contributed by atoms with Gasteiger partial charge in [-0.25, -0.2) is 0 Å². The van der Waals surface area contributed by atoms with Crippen molar-refractivity contribution in [3.05, 3.63) is 59.7 Å². The Balaban J connectivity index is 1.53. The molecule has 1 heterocycles. The van der Waals surface area contributed by atoms with E-state index >= 15 is 0 Å². The molecule has 0 aromatic heterocycles. The molecule has 0 bridgehead atoms. The van der Waals surface area contributed by atoms with Gasteiger partial charge in [0, 0.05) is 36.8 Å². The zero-order valence-electron chi connectivity index (χ0n) is 15.4. The molecule has 0 atom stereocenters. The lowest BCUT2D eigenvalue weighted by molar-refractivity contribution is -0.135. The monoisotopic (exact) mass is 368 g/mol. The zero-order valence-corrected chi connectivity index (χ0v) is 15.4. The minimum atomic E-state index is -0.181. The SMILES string of the molecule is COc1cccc(NC(=O)c2ccc(CCC(=O)N3CCOCC3)cc2)c1. The second-order valence-corrected chi connectivity index (χ2v) is 6.38. The van der Waals surface area contributed by atoms with Gasteiger partial charge in [-0.1, -0.05) is 18.2 Å². The van der Waals surface area contributed by atoms with Gasteiger partial charge in [-0.15, -0.1) is 0 Å². The van der Waals surface area contributed by atoms with Crippen LogP contribution in [0.25, 0.3) is 0 Å². The predicted molar refractivity (Wildman–Crippen MR) is 103 cm³/mol. The van der Waals surface area contributed by atoms with Gasteiger partial charge in [-0.3, -0.25) is 9.59 Å². The van der Waals surface area contributed by atoms with Crippen molar-refractivity contribution >= 4 is 17.5 Å². The van der Waals surface area contributed by atoms with E-state index < -0.39 is 0 Å². The minimum Gasteiger partial charge on any atom is -0.497 e. The quantitative estimate of drug-likeness (QED) is 0.851. The van der Waals surface area contributed by atoms with Gasteiger partial charge in [0.15, 0.2) is 0 Å². The van der Waals surface area contributed by atoms with Gasteiger partial charge in [0.25, 0.3) is 5.91 Å². The minimum absolute atomic E-state index is 0.151. The molecule has 1 N–H and O–H groups in total. The molecule has 1 aliphatic heterocycles. The summed E-state index contributed by atoms with van der Waals surface area (Å²) in [6, 6.07) is 14.6. The van der Waals surface area contributed by atoms with Crippen LogP contribution in [-0.2, 0) is 16.0 Å². The molecular weight excluding hydrogens is 344 g/mol. The van der Waals surface area contributed by atoms with Gasteiger partial charge in [0.1, 0.15) is 5.75 Å². The van der Waals surface area contributed by atoms with E-state index in [1.165, 1.54) is 0 Å². The summed E-state index contributed by atoms with van der Waals surface area (Å²) in [6.45, 7) is 2.57. The summed E-state index contributed by atoms with van der Waals surface area (Å²) in [5.41, 5.74) is 2.29. The maximum absolute atomic E-state index is 12.4. The van der Waals surface area contributed by atoms with Crippen molar-refractivity contribution in [2.24, 2.45) is 0 Å². The molecular formula is C21H24N2O4. The van der Waals surface area contributed by atoms with Crippen molar-refractivity contribution in [1.82, 2.24) is 4.90 Å². The molecule has 2 aromatic rings. The molecule has 6 heteroatoms. The Bertz CT molecular complexity index is 783. The first-order chi connectivity index (χ1) is 13.2. The van der Waals surface area contributed by atoms with Crippen LogP contribution in [0.4, 0.5) is 5.69 Å². The maximum atomic E-state index is 12.4. The summed E-state index contributed by atoms with van der Waals surface area (Å²) in [7, 11) is 1.59. The lowest BCUT2D eigenvalue weighted by Gasteiger charge is -2.26. The number of aryl methyl sites for hydroxylation is 1. The number of amides is 2. The summed E-state index contributed by atoms with van der Waals surface area (Å²) >= 11 is 0. The van der Waals surface area contributed by atoms with Crippen LogP contribution in [0.5, 0.6) is 5.75 Å². The average Bonchev–Trinajstić information content (AvgIpc) is 2.73. The third-order valence-corrected chi connectivity index (χ3v) is 4.54. The molecule has 2 amide bonds. The Hall–Kier alpha value is -2.86. The standard InChI is InChI=1S/C21H24N2O4/c1-26-19-4-2-3-18(15-19)22-21(25)17-8-5-16(6-9-17)7-10-20(24)23-11-13-27-14-12-23/h2-6,8-9,15H,7,10-14H2,1H3,(H,22,25). The Kier molecular flexibility index (Phi) is 6.44. The van der Waals surface area contributed by atoms with Crippen LogP contribution in [0.3, 0.4) is 0 Å². The number of carbonyl (C=O) groups excluding carboxylic acids is 2. The van der Waals surface area contributed by atoms with E-state index in [-0.39, 0.29) is 11.8 Å². The first-order valence-corrected chi connectivity index (χ1v) is 9.05. The highest BCUT2D eigenvalue weighted by Gasteiger charge is 2.16. The van der Waals surface area contributed by atoms with Crippen molar-refractivity contribution in [2.75, 3.05) is 38.7 Å². The Labute approximate surface area is 159 Å². The number of anilines is 1. The molecule has 1 fully saturated rings. The Morgan fingerprint density at radius 1 is 1.11 bits per heavy atom. The number of hydrogen-bond acceptors (Lipinski definition) is 4. The zero-order chi connectivity index (χ0) is 19.1. The number of nitrogens with zero attached hydrogens (tertiary/aromatic N) is 1. The van der Waals surface area contributed by atoms with E-state index in [4.69, 9.17) is 9.47 Å². The molecule has 27 heavy (non-hydrogen) atoms. The average molecular weight is 368 g/mol. The molecule has 1 aliphatic rings. The molecule has 142 valence electrons. The Morgan fingerprint density at radius 2 is 1.85 bits per heavy atom. The van der Waals surface area contributed by atoms with Gasteiger partial charge >= 0.3 is 0 Å². The van der Waals surface area contributed by atoms with Crippen molar-refractivity contribution in [2.45, 2.75) is 12.8 Å². The van der Waals surface area contributed by atoms with Crippen molar-refractivity contribution < 1.29 is 19.1 Å². The van der Waals surface area contributed by atoms with E-state index in [1.807, 2.05) is 35.2 Å². The van der Waals surface area contributed by atoms with Gasteiger partial charge < -0.3 is 19.7 Å². The number of carbonyl (C=O) groups is 2. The van der Waals surface area contributed by atoms with Gasteiger partial charge in [-0.2, -0.15) is 0 Å². The van der Waals surface area contributed by atoms with Crippen LogP contribution < -0.4 is 10.1 Å². The van der Waals surface area contributed by atoms with Crippen LogP contribution >= 0.6 is 0 Å². The van der Waals surface area contributed by atoms with Crippen LogP contribution in [0.1, 0.15) is 22.3 Å². The fraction of sp³-hybridized carbons (Fsp3) is 0.333. The maximum Gasteiger partial charge on any atom is 0.255 e. The lowest BCUT2D eigenvalue weighted by Crippen LogP contribution is -2.40. The number of benzene rings is 2. The molecule has 0 radical (unpaired) electrons. The number of hydrogen-bond donors (Lipinski definition) is 1. The van der Waals surface area contributed by atoms with E-state index in [2.05, 4.69) is 5.32 Å². The van der Waals surface area contributed by atoms with E-state index in [0.29, 0.717) is 56.1 Å². The molecule has 0 saturated carbocycles. The topological polar surface area (TPSA) is 67.9 Å². The first kappa shape index (κ1) is 18.9. The molecule has 2 aromatic carbocycles. The molecule has 1 saturated heterocycles. The van der Waals surface area contributed by atoms with Crippen LogP contribution in [0, 0.1) is 0 Å². The summed E-state index contributed by atoms with van der Waals surface area (Å²) < 4.78 is 10.4. The largest absolute Gasteiger partial charge is 0.497 e.